The van der Waals surface area contributed by atoms with Crippen molar-refractivity contribution in [3.05, 3.63) is 50.0 Å². The smallest absolute Gasteiger partial charge is 0.263 e. The number of hydrogen-bond donors (Lipinski definition) is 1. The fourth-order valence-electron chi connectivity index (χ4n) is 1.48. The Morgan fingerprint density at radius 3 is 2.55 bits per heavy atom. The molecule has 1 heterocycles. The van der Waals surface area contributed by atoms with Crippen LogP contribution < -0.4 is 4.72 Å². The van der Waals surface area contributed by atoms with E-state index in [4.69, 9.17) is 11.6 Å². The zero-order valence-corrected chi connectivity index (χ0v) is 14.9. The minimum atomic E-state index is -3.70. The number of aryl methyl sites for hydroxylation is 1. The van der Waals surface area contributed by atoms with Crippen LogP contribution in [0, 0.1) is 6.92 Å². The molecule has 106 valence electrons. The molecule has 8 heteroatoms. The molecule has 0 spiro atoms. The van der Waals surface area contributed by atoms with Gasteiger partial charge in [0.15, 0.2) is 0 Å². The Morgan fingerprint density at radius 2 is 1.95 bits per heavy atom. The van der Waals surface area contributed by atoms with E-state index in [2.05, 4.69) is 41.6 Å². The molecular formula is C12H9Br2ClN2O2S. The van der Waals surface area contributed by atoms with E-state index in [1.807, 2.05) is 0 Å². The lowest BCUT2D eigenvalue weighted by atomic mass is 10.3. The number of nitrogens with zero attached hydrogens (tertiary/aromatic N) is 1. The molecule has 0 aliphatic rings. The normalized spacial score (nSPS) is 11.4. The topological polar surface area (TPSA) is 59.1 Å². The van der Waals surface area contributed by atoms with Gasteiger partial charge >= 0.3 is 0 Å². The van der Waals surface area contributed by atoms with Crippen molar-refractivity contribution < 1.29 is 8.42 Å². The van der Waals surface area contributed by atoms with Crippen molar-refractivity contribution in [3.63, 3.8) is 0 Å². The molecule has 0 saturated carbocycles. The Balaban J connectivity index is 2.38. The van der Waals surface area contributed by atoms with Crippen LogP contribution in [0.3, 0.4) is 0 Å². The lowest BCUT2D eigenvalue weighted by Crippen LogP contribution is -2.14. The van der Waals surface area contributed by atoms with Crippen LogP contribution in [0.4, 0.5) is 5.82 Å². The molecule has 0 saturated heterocycles. The van der Waals surface area contributed by atoms with Crippen molar-refractivity contribution in [1.29, 1.82) is 0 Å². The fourth-order valence-corrected chi connectivity index (χ4v) is 3.68. The number of pyridine rings is 1. The molecule has 0 bridgehead atoms. The first kappa shape index (κ1) is 15.8. The first-order chi connectivity index (χ1) is 9.29. The molecule has 2 aromatic rings. The molecule has 2 rings (SSSR count). The maximum Gasteiger partial charge on any atom is 0.263 e. The largest absolute Gasteiger partial charge is 0.263 e. The first-order valence-electron chi connectivity index (χ1n) is 5.39. The van der Waals surface area contributed by atoms with Gasteiger partial charge in [-0.25, -0.2) is 13.4 Å². The van der Waals surface area contributed by atoms with Crippen molar-refractivity contribution >= 4 is 59.3 Å². The summed E-state index contributed by atoms with van der Waals surface area (Å²) in [4.78, 5) is 4.16. The van der Waals surface area contributed by atoms with Crippen molar-refractivity contribution in [3.8, 4) is 0 Å². The number of aromatic nitrogens is 1. The number of sulfonamides is 1. The number of anilines is 1. The maximum atomic E-state index is 12.3. The number of rotatable bonds is 3. The van der Waals surface area contributed by atoms with Gasteiger partial charge in [0.05, 0.1) is 9.92 Å². The summed E-state index contributed by atoms with van der Waals surface area (Å²) in [6, 6.07) is 6.17. The monoisotopic (exact) mass is 438 g/mol. The summed E-state index contributed by atoms with van der Waals surface area (Å²) in [5, 5.41) is 0.446. The highest BCUT2D eigenvalue weighted by Gasteiger charge is 2.17. The Hall–Kier alpha value is -0.630. The predicted molar refractivity (Wildman–Crippen MR) is 86.6 cm³/mol. The molecular weight excluding hydrogens is 431 g/mol. The van der Waals surface area contributed by atoms with E-state index in [0.29, 0.717) is 15.3 Å². The second kappa shape index (κ2) is 6.01. The zero-order chi connectivity index (χ0) is 14.9. The van der Waals surface area contributed by atoms with Gasteiger partial charge in [-0.1, -0.05) is 11.6 Å². The summed E-state index contributed by atoms with van der Waals surface area (Å²) in [6.45, 7) is 1.77. The average Bonchev–Trinajstić information content (AvgIpc) is 2.36. The molecule has 0 aliphatic heterocycles. The summed E-state index contributed by atoms with van der Waals surface area (Å²) in [7, 11) is -3.70. The summed E-state index contributed by atoms with van der Waals surface area (Å²) in [5.41, 5.74) is 0.718. The van der Waals surface area contributed by atoms with E-state index in [0.717, 1.165) is 10.0 Å². The van der Waals surface area contributed by atoms with Crippen LogP contribution in [0.2, 0.25) is 5.02 Å². The maximum absolute atomic E-state index is 12.3. The van der Waals surface area contributed by atoms with Gasteiger partial charge in [-0.05, 0) is 68.6 Å². The van der Waals surface area contributed by atoms with Crippen LogP contribution in [-0.4, -0.2) is 13.4 Å². The Kier molecular flexibility index (Phi) is 4.73. The molecule has 0 radical (unpaired) electrons. The van der Waals surface area contributed by atoms with Crippen molar-refractivity contribution in [1.82, 2.24) is 4.98 Å². The van der Waals surface area contributed by atoms with Crippen LogP contribution in [-0.2, 0) is 10.0 Å². The van der Waals surface area contributed by atoms with Gasteiger partial charge in [0.1, 0.15) is 5.82 Å². The van der Waals surface area contributed by atoms with Gasteiger partial charge in [0, 0.05) is 15.1 Å². The molecule has 0 unspecified atom stereocenters. The van der Waals surface area contributed by atoms with Crippen LogP contribution in [0.15, 0.2) is 44.3 Å². The number of hydrogen-bond acceptors (Lipinski definition) is 3. The number of benzene rings is 1. The SMILES string of the molecule is Cc1cc(Br)cnc1NS(=O)(=O)c1ccc(Cl)c(Br)c1. The quantitative estimate of drug-likeness (QED) is 0.771. The summed E-state index contributed by atoms with van der Waals surface area (Å²) in [5.74, 6) is 0.291. The van der Waals surface area contributed by atoms with E-state index in [-0.39, 0.29) is 4.90 Å². The highest BCUT2D eigenvalue weighted by molar-refractivity contribution is 9.10. The molecule has 1 N–H and O–H groups in total. The Labute approximate surface area is 138 Å². The van der Waals surface area contributed by atoms with E-state index in [1.165, 1.54) is 24.4 Å². The third kappa shape index (κ3) is 3.52. The summed E-state index contributed by atoms with van der Waals surface area (Å²) in [6.07, 6.45) is 1.53. The molecule has 4 nitrogen and oxygen atoms in total. The molecule has 0 fully saturated rings. The summed E-state index contributed by atoms with van der Waals surface area (Å²) >= 11 is 12.3. The Morgan fingerprint density at radius 1 is 1.25 bits per heavy atom. The fraction of sp³-hybridized carbons (Fsp3) is 0.0833. The van der Waals surface area contributed by atoms with Gasteiger partial charge < -0.3 is 0 Å². The van der Waals surface area contributed by atoms with Crippen LogP contribution >= 0.6 is 43.5 Å². The van der Waals surface area contributed by atoms with Crippen molar-refractivity contribution in [2.45, 2.75) is 11.8 Å². The molecule has 1 aromatic heterocycles. The highest BCUT2D eigenvalue weighted by atomic mass is 79.9. The van der Waals surface area contributed by atoms with Crippen LogP contribution in [0.5, 0.6) is 0 Å². The van der Waals surface area contributed by atoms with E-state index >= 15 is 0 Å². The van der Waals surface area contributed by atoms with Crippen molar-refractivity contribution in [2.75, 3.05) is 4.72 Å². The van der Waals surface area contributed by atoms with Gasteiger partial charge in [0.25, 0.3) is 10.0 Å². The van der Waals surface area contributed by atoms with Gasteiger partial charge in [-0.3, -0.25) is 4.72 Å². The molecule has 20 heavy (non-hydrogen) atoms. The minimum Gasteiger partial charge on any atom is -0.263 e. The predicted octanol–water partition coefficient (Wildman–Crippen LogP) is 4.37. The average molecular weight is 441 g/mol. The second-order valence-electron chi connectivity index (χ2n) is 4.00. The number of halogens is 3. The van der Waals surface area contributed by atoms with Gasteiger partial charge in [-0.2, -0.15) is 0 Å². The summed E-state index contributed by atoms with van der Waals surface area (Å²) < 4.78 is 28.3. The lowest BCUT2D eigenvalue weighted by Gasteiger charge is -2.10. The van der Waals surface area contributed by atoms with Crippen molar-refractivity contribution in [2.24, 2.45) is 0 Å². The zero-order valence-electron chi connectivity index (χ0n) is 10.2. The number of nitrogens with one attached hydrogen (secondary N) is 1. The highest BCUT2D eigenvalue weighted by Crippen LogP contribution is 2.27. The van der Waals surface area contributed by atoms with E-state index in [9.17, 15) is 8.42 Å². The Bertz CT molecular complexity index is 766. The minimum absolute atomic E-state index is 0.109. The molecule has 0 amide bonds. The van der Waals surface area contributed by atoms with Gasteiger partial charge in [0.2, 0.25) is 0 Å². The first-order valence-corrected chi connectivity index (χ1v) is 8.84. The van der Waals surface area contributed by atoms with Crippen LogP contribution in [0.1, 0.15) is 5.56 Å². The van der Waals surface area contributed by atoms with Gasteiger partial charge in [-0.15, -0.1) is 0 Å². The molecule has 0 atom stereocenters. The second-order valence-corrected chi connectivity index (χ2v) is 7.86. The third-order valence-corrected chi connectivity index (χ3v) is 5.46. The third-order valence-electron chi connectivity index (χ3n) is 2.48. The molecule has 1 aromatic carbocycles. The van der Waals surface area contributed by atoms with E-state index < -0.39 is 10.0 Å². The van der Waals surface area contributed by atoms with Crippen LogP contribution in [0.25, 0.3) is 0 Å². The van der Waals surface area contributed by atoms with E-state index in [1.54, 1.807) is 13.0 Å². The standard InChI is InChI=1S/C12H9Br2ClN2O2S/c1-7-4-8(13)6-16-12(7)17-20(18,19)9-2-3-11(15)10(14)5-9/h2-6H,1H3,(H,16,17). The lowest BCUT2D eigenvalue weighted by molar-refractivity contribution is 0.601. The molecule has 0 aliphatic carbocycles.